The molecule has 2 heterocycles. The second-order valence-electron chi connectivity index (χ2n) is 5.12. The van der Waals surface area contributed by atoms with Gasteiger partial charge in [0.15, 0.2) is 0 Å². The molecule has 1 aromatic rings. The van der Waals surface area contributed by atoms with Crippen LogP contribution in [0.25, 0.3) is 0 Å². The number of sulfonamides is 1. The predicted octanol–water partition coefficient (Wildman–Crippen LogP) is 1.55. The number of carboxylic acid groups (broad SMARTS) is 1. The molecule has 1 atom stereocenters. The summed E-state index contributed by atoms with van der Waals surface area (Å²) >= 11 is 0.942. The molecule has 0 spiro atoms. The molecule has 0 saturated carbocycles. The van der Waals surface area contributed by atoms with E-state index in [0.717, 1.165) is 17.8 Å². The highest BCUT2D eigenvalue weighted by atomic mass is 32.2. The Hall–Kier alpha value is -0.960. The molecule has 1 aromatic heterocycles. The number of carbonyl (C=O) groups is 1. The van der Waals surface area contributed by atoms with Crippen molar-refractivity contribution in [2.75, 3.05) is 26.2 Å². The first-order valence-corrected chi connectivity index (χ1v) is 9.25. The van der Waals surface area contributed by atoms with Crippen molar-refractivity contribution in [3.05, 3.63) is 16.3 Å². The SMILES string of the molecule is CCC(C)N1CCN(S(=O)(=O)c2ccsc2C(=O)O)CC1. The third kappa shape index (κ3) is 3.28. The molecule has 2 rings (SSSR count). The number of hydrogen-bond donors (Lipinski definition) is 1. The van der Waals surface area contributed by atoms with Gasteiger partial charge in [-0.05, 0) is 24.8 Å². The number of aromatic carboxylic acids is 1. The molecule has 0 radical (unpaired) electrons. The van der Waals surface area contributed by atoms with Gasteiger partial charge >= 0.3 is 5.97 Å². The van der Waals surface area contributed by atoms with Crippen molar-refractivity contribution in [3.63, 3.8) is 0 Å². The molecule has 6 nitrogen and oxygen atoms in total. The van der Waals surface area contributed by atoms with Gasteiger partial charge in [0.1, 0.15) is 9.77 Å². The van der Waals surface area contributed by atoms with Crippen molar-refractivity contribution >= 4 is 27.3 Å². The van der Waals surface area contributed by atoms with Crippen LogP contribution in [0.5, 0.6) is 0 Å². The third-order valence-corrected chi connectivity index (χ3v) is 6.90. The van der Waals surface area contributed by atoms with Crippen LogP contribution in [0.3, 0.4) is 0 Å². The minimum absolute atomic E-state index is 0.0861. The second kappa shape index (κ2) is 6.43. The summed E-state index contributed by atoms with van der Waals surface area (Å²) in [6.45, 7) is 6.41. The Morgan fingerprint density at radius 1 is 1.38 bits per heavy atom. The number of piperazine rings is 1. The molecule has 0 bridgehead atoms. The van der Waals surface area contributed by atoms with E-state index in [9.17, 15) is 13.2 Å². The zero-order chi connectivity index (χ0) is 15.6. The minimum atomic E-state index is -3.71. The van der Waals surface area contributed by atoms with E-state index in [1.165, 1.54) is 15.8 Å². The summed E-state index contributed by atoms with van der Waals surface area (Å²) in [6.07, 6.45) is 1.03. The van der Waals surface area contributed by atoms with Gasteiger partial charge in [-0.3, -0.25) is 4.90 Å². The van der Waals surface area contributed by atoms with Crippen LogP contribution in [0.2, 0.25) is 0 Å². The van der Waals surface area contributed by atoms with Gasteiger partial charge in [-0.15, -0.1) is 11.3 Å². The van der Waals surface area contributed by atoms with Crippen LogP contribution in [0.4, 0.5) is 0 Å². The number of carboxylic acids is 1. The Labute approximate surface area is 129 Å². The molecule has 1 unspecified atom stereocenters. The Bertz CT molecular complexity index is 603. The molecule has 21 heavy (non-hydrogen) atoms. The summed E-state index contributed by atoms with van der Waals surface area (Å²) < 4.78 is 26.5. The quantitative estimate of drug-likeness (QED) is 0.885. The second-order valence-corrected chi connectivity index (χ2v) is 7.94. The molecule has 8 heteroatoms. The third-order valence-electron chi connectivity index (χ3n) is 3.93. The van der Waals surface area contributed by atoms with E-state index in [-0.39, 0.29) is 9.77 Å². The maximum atomic E-state index is 12.6. The van der Waals surface area contributed by atoms with E-state index >= 15 is 0 Å². The number of hydrogen-bond acceptors (Lipinski definition) is 5. The van der Waals surface area contributed by atoms with Crippen molar-refractivity contribution in [2.24, 2.45) is 0 Å². The fourth-order valence-corrected chi connectivity index (χ4v) is 5.09. The van der Waals surface area contributed by atoms with Crippen LogP contribution < -0.4 is 0 Å². The van der Waals surface area contributed by atoms with Crippen LogP contribution in [0, 0.1) is 0 Å². The zero-order valence-corrected chi connectivity index (χ0v) is 13.8. The molecule has 0 aliphatic carbocycles. The van der Waals surface area contributed by atoms with Crippen molar-refractivity contribution in [1.82, 2.24) is 9.21 Å². The van der Waals surface area contributed by atoms with Gasteiger partial charge in [0.05, 0.1) is 0 Å². The lowest BCUT2D eigenvalue weighted by Crippen LogP contribution is -2.51. The largest absolute Gasteiger partial charge is 0.477 e. The number of rotatable bonds is 5. The first kappa shape index (κ1) is 16.4. The smallest absolute Gasteiger partial charge is 0.347 e. The average molecular weight is 332 g/mol. The normalized spacial score (nSPS) is 19.5. The fourth-order valence-electron chi connectivity index (χ4n) is 2.44. The summed E-state index contributed by atoms with van der Waals surface area (Å²) in [4.78, 5) is 13.2. The van der Waals surface area contributed by atoms with Gasteiger partial charge < -0.3 is 5.11 Å². The lowest BCUT2D eigenvalue weighted by molar-refractivity contribution is 0.0698. The molecule has 1 fully saturated rings. The Balaban J connectivity index is 2.15. The summed E-state index contributed by atoms with van der Waals surface area (Å²) in [5.41, 5.74) is 0. The van der Waals surface area contributed by atoms with E-state index in [4.69, 9.17) is 5.11 Å². The zero-order valence-electron chi connectivity index (χ0n) is 12.2. The summed E-state index contributed by atoms with van der Waals surface area (Å²) in [7, 11) is -3.71. The minimum Gasteiger partial charge on any atom is -0.477 e. The van der Waals surface area contributed by atoms with Gasteiger partial charge in [-0.2, -0.15) is 4.31 Å². The lowest BCUT2D eigenvalue weighted by atomic mass is 10.2. The summed E-state index contributed by atoms with van der Waals surface area (Å²) in [6, 6.07) is 1.82. The van der Waals surface area contributed by atoms with Gasteiger partial charge in [0, 0.05) is 32.2 Å². The van der Waals surface area contributed by atoms with Gasteiger partial charge in [0.25, 0.3) is 0 Å². The highest BCUT2D eigenvalue weighted by Gasteiger charge is 2.33. The predicted molar refractivity (Wildman–Crippen MR) is 81.4 cm³/mol. The maximum absolute atomic E-state index is 12.6. The Morgan fingerprint density at radius 2 is 2.00 bits per heavy atom. The molecule has 1 saturated heterocycles. The highest BCUT2D eigenvalue weighted by molar-refractivity contribution is 7.89. The average Bonchev–Trinajstić information content (AvgIpc) is 2.97. The first-order valence-electron chi connectivity index (χ1n) is 6.93. The van der Waals surface area contributed by atoms with Crippen LogP contribution in [0.15, 0.2) is 16.3 Å². The molecular formula is C13H20N2O4S2. The lowest BCUT2D eigenvalue weighted by Gasteiger charge is -2.37. The summed E-state index contributed by atoms with van der Waals surface area (Å²) in [5, 5.41) is 10.6. The molecule has 1 N–H and O–H groups in total. The maximum Gasteiger partial charge on any atom is 0.347 e. The van der Waals surface area contributed by atoms with Crippen molar-refractivity contribution < 1.29 is 18.3 Å². The van der Waals surface area contributed by atoms with Crippen molar-refractivity contribution in [2.45, 2.75) is 31.2 Å². The molecule has 0 aromatic carbocycles. The molecule has 118 valence electrons. The summed E-state index contributed by atoms with van der Waals surface area (Å²) in [5.74, 6) is -1.19. The number of nitrogens with zero attached hydrogens (tertiary/aromatic N) is 2. The van der Waals surface area contributed by atoms with Crippen LogP contribution >= 0.6 is 11.3 Å². The highest BCUT2D eigenvalue weighted by Crippen LogP contribution is 2.26. The van der Waals surface area contributed by atoms with Crippen molar-refractivity contribution in [1.29, 1.82) is 0 Å². The van der Waals surface area contributed by atoms with Gasteiger partial charge in [-0.1, -0.05) is 6.92 Å². The number of thiophene rings is 1. The van der Waals surface area contributed by atoms with Gasteiger partial charge in [-0.25, -0.2) is 13.2 Å². The van der Waals surface area contributed by atoms with Crippen LogP contribution in [-0.4, -0.2) is 60.9 Å². The van der Waals surface area contributed by atoms with Crippen LogP contribution in [-0.2, 0) is 10.0 Å². The Morgan fingerprint density at radius 3 is 2.52 bits per heavy atom. The van der Waals surface area contributed by atoms with E-state index in [2.05, 4.69) is 18.7 Å². The molecule has 0 amide bonds. The monoisotopic (exact) mass is 332 g/mol. The van der Waals surface area contributed by atoms with Crippen LogP contribution in [0.1, 0.15) is 29.9 Å². The topological polar surface area (TPSA) is 77.9 Å². The fraction of sp³-hybridized carbons (Fsp3) is 0.615. The Kier molecular flexibility index (Phi) is 5.03. The van der Waals surface area contributed by atoms with E-state index in [1.54, 1.807) is 0 Å². The molecule has 1 aliphatic heterocycles. The first-order chi connectivity index (χ1) is 9.87. The van der Waals surface area contributed by atoms with Gasteiger partial charge in [0.2, 0.25) is 10.0 Å². The molecular weight excluding hydrogens is 312 g/mol. The standard InChI is InChI=1S/C13H20N2O4S2/c1-3-10(2)14-5-7-15(8-6-14)21(18,19)11-4-9-20-12(11)13(16)17/h4,9-10H,3,5-8H2,1-2H3,(H,16,17). The van der Waals surface area contributed by atoms with E-state index in [1.807, 2.05) is 0 Å². The van der Waals surface area contributed by atoms with Crippen molar-refractivity contribution in [3.8, 4) is 0 Å². The molecule has 1 aliphatic rings. The van der Waals surface area contributed by atoms with E-state index in [0.29, 0.717) is 32.2 Å². The van der Waals surface area contributed by atoms with E-state index < -0.39 is 16.0 Å².